The molecule has 1 aliphatic rings. The number of carbonyl (C=O) groups is 1. The first kappa shape index (κ1) is 20.5. The van der Waals surface area contributed by atoms with Gasteiger partial charge in [0.25, 0.3) is 0 Å². The van der Waals surface area contributed by atoms with Gasteiger partial charge in [-0.15, -0.1) is 0 Å². The Labute approximate surface area is 157 Å². The highest BCUT2D eigenvalue weighted by atomic mass is 28.3. The van der Waals surface area contributed by atoms with Crippen LogP contribution in [0.15, 0.2) is 12.3 Å². The van der Waals surface area contributed by atoms with Gasteiger partial charge in [-0.25, -0.2) is 9.48 Å². The average molecular weight is 381 g/mol. The van der Waals surface area contributed by atoms with Gasteiger partial charge in [0, 0.05) is 33.3 Å². The molecule has 146 valence electrons. The van der Waals surface area contributed by atoms with E-state index in [1.165, 1.54) is 0 Å². The van der Waals surface area contributed by atoms with Gasteiger partial charge in [0.15, 0.2) is 0 Å². The number of hydrogen-bond acceptors (Lipinski definition) is 5. The van der Waals surface area contributed by atoms with Gasteiger partial charge in [0.1, 0.15) is 18.1 Å². The minimum Gasteiger partial charge on any atom is -0.444 e. The maximum absolute atomic E-state index is 12.2. The van der Waals surface area contributed by atoms with Crippen LogP contribution in [-0.4, -0.2) is 54.1 Å². The maximum Gasteiger partial charge on any atom is 0.410 e. The van der Waals surface area contributed by atoms with Gasteiger partial charge in [-0.2, -0.15) is 5.10 Å². The van der Waals surface area contributed by atoms with E-state index < -0.39 is 13.7 Å². The van der Waals surface area contributed by atoms with Crippen LogP contribution in [0, 0.1) is 0 Å². The molecule has 0 bridgehead atoms. The lowest BCUT2D eigenvalue weighted by Gasteiger charge is -2.24. The van der Waals surface area contributed by atoms with Gasteiger partial charge in [0.2, 0.25) is 0 Å². The van der Waals surface area contributed by atoms with Crippen LogP contribution in [-0.2, 0) is 16.2 Å². The van der Waals surface area contributed by atoms with Crippen LogP contribution in [0.4, 0.5) is 10.6 Å². The van der Waals surface area contributed by atoms with Crippen molar-refractivity contribution in [1.29, 1.82) is 0 Å². The molecule has 0 fully saturated rings. The maximum atomic E-state index is 12.2. The Morgan fingerprint density at radius 1 is 1.35 bits per heavy atom. The number of amides is 1. The van der Waals surface area contributed by atoms with Crippen LogP contribution in [0.2, 0.25) is 25.7 Å². The van der Waals surface area contributed by atoms with Crippen molar-refractivity contribution in [3.63, 3.8) is 0 Å². The lowest BCUT2D eigenvalue weighted by Crippen LogP contribution is -2.35. The first-order valence-electron chi connectivity index (χ1n) is 9.03. The third-order valence-electron chi connectivity index (χ3n) is 4.01. The van der Waals surface area contributed by atoms with E-state index in [1.54, 1.807) is 15.8 Å². The standard InChI is InChI=1S/C18H32N4O3Si/c1-18(2,3)25-17(23)21-8-7-14(12-21)15-11-20-22(16(15)19)13-24-9-10-26(4,5)6/h7,11H,8-10,12-13,19H2,1-6H3. The predicted molar refractivity (Wildman–Crippen MR) is 107 cm³/mol. The van der Waals surface area contributed by atoms with Crippen molar-refractivity contribution >= 4 is 25.6 Å². The Bertz CT molecular complexity index is 671. The van der Waals surface area contributed by atoms with Crippen molar-refractivity contribution in [3.8, 4) is 0 Å². The van der Waals surface area contributed by atoms with Gasteiger partial charge >= 0.3 is 6.09 Å². The van der Waals surface area contributed by atoms with Crippen LogP contribution in [0.3, 0.4) is 0 Å². The number of nitrogens with zero attached hydrogens (tertiary/aromatic N) is 3. The molecule has 8 heteroatoms. The van der Waals surface area contributed by atoms with Crippen molar-refractivity contribution in [2.24, 2.45) is 0 Å². The van der Waals surface area contributed by atoms with Gasteiger partial charge in [0.05, 0.1) is 6.20 Å². The van der Waals surface area contributed by atoms with Gasteiger partial charge in [-0.3, -0.25) is 0 Å². The Kier molecular flexibility index (Phi) is 6.18. The normalized spacial score (nSPS) is 15.3. The third kappa shape index (κ3) is 5.88. The van der Waals surface area contributed by atoms with Crippen molar-refractivity contribution in [3.05, 3.63) is 17.8 Å². The molecular weight excluding hydrogens is 348 g/mol. The number of carbonyl (C=O) groups excluding carboxylic acids is 1. The summed E-state index contributed by atoms with van der Waals surface area (Å²) < 4.78 is 12.8. The van der Waals surface area contributed by atoms with E-state index in [2.05, 4.69) is 24.7 Å². The van der Waals surface area contributed by atoms with Crippen LogP contribution in [0.25, 0.3) is 5.57 Å². The van der Waals surface area contributed by atoms with E-state index in [9.17, 15) is 4.79 Å². The second kappa shape index (κ2) is 7.83. The molecule has 2 N–H and O–H groups in total. The molecule has 0 saturated carbocycles. The second-order valence-electron chi connectivity index (χ2n) is 8.88. The fraction of sp³-hybridized carbons (Fsp3) is 0.667. The largest absolute Gasteiger partial charge is 0.444 e. The smallest absolute Gasteiger partial charge is 0.410 e. The van der Waals surface area contributed by atoms with Gasteiger partial charge in [-0.05, 0) is 32.4 Å². The number of nitrogen functional groups attached to an aromatic ring is 1. The van der Waals surface area contributed by atoms with E-state index in [-0.39, 0.29) is 6.09 Å². The fourth-order valence-corrected chi connectivity index (χ4v) is 3.25. The highest BCUT2D eigenvalue weighted by Gasteiger charge is 2.27. The lowest BCUT2D eigenvalue weighted by molar-refractivity contribution is 0.0306. The van der Waals surface area contributed by atoms with Gasteiger partial charge in [-0.1, -0.05) is 25.7 Å². The second-order valence-corrected chi connectivity index (χ2v) is 14.5. The molecule has 1 aromatic rings. The molecule has 1 amide bonds. The van der Waals surface area contributed by atoms with Crippen molar-refractivity contribution in [1.82, 2.24) is 14.7 Å². The summed E-state index contributed by atoms with van der Waals surface area (Å²) in [6.45, 7) is 14.6. The van der Waals surface area contributed by atoms with Crippen molar-refractivity contribution in [2.45, 2.75) is 58.8 Å². The fourth-order valence-electron chi connectivity index (χ4n) is 2.49. The average Bonchev–Trinajstić information content (AvgIpc) is 3.08. The summed E-state index contributed by atoms with van der Waals surface area (Å²) in [5.74, 6) is 0.565. The van der Waals surface area contributed by atoms with E-state index in [0.717, 1.165) is 23.8 Å². The third-order valence-corrected chi connectivity index (χ3v) is 5.71. The molecule has 0 aliphatic carbocycles. The van der Waals surface area contributed by atoms with Crippen LogP contribution >= 0.6 is 0 Å². The Morgan fingerprint density at radius 3 is 2.65 bits per heavy atom. The summed E-state index contributed by atoms with van der Waals surface area (Å²) >= 11 is 0. The topological polar surface area (TPSA) is 82.6 Å². The number of ether oxygens (including phenoxy) is 2. The Hall–Kier alpha value is -1.80. The van der Waals surface area contributed by atoms with Crippen molar-refractivity contribution in [2.75, 3.05) is 25.4 Å². The Balaban J connectivity index is 1.91. The SMILES string of the molecule is CC(C)(C)OC(=O)N1CC=C(c2cnn(COCC[Si](C)(C)C)c2N)C1. The number of rotatable bonds is 6. The quantitative estimate of drug-likeness (QED) is 0.604. The summed E-state index contributed by atoms with van der Waals surface area (Å²) in [5, 5.41) is 4.33. The zero-order valence-electron chi connectivity index (χ0n) is 16.8. The van der Waals surface area contributed by atoms with Crippen molar-refractivity contribution < 1.29 is 14.3 Å². The minimum absolute atomic E-state index is 0.315. The first-order chi connectivity index (χ1) is 12.0. The monoisotopic (exact) mass is 380 g/mol. The molecule has 2 rings (SSSR count). The van der Waals surface area contributed by atoms with E-state index >= 15 is 0 Å². The first-order valence-corrected chi connectivity index (χ1v) is 12.7. The van der Waals surface area contributed by atoms with Gasteiger partial charge < -0.3 is 20.1 Å². The molecule has 2 heterocycles. The van der Waals surface area contributed by atoms with E-state index in [0.29, 0.717) is 25.6 Å². The zero-order valence-corrected chi connectivity index (χ0v) is 17.8. The summed E-state index contributed by atoms with van der Waals surface area (Å²) in [4.78, 5) is 13.8. The molecule has 0 aromatic carbocycles. The summed E-state index contributed by atoms with van der Waals surface area (Å²) in [7, 11) is -1.11. The van der Waals surface area contributed by atoms with Crippen LogP contribution in [0.5, 0.6) is 0 Å². The molecule has 0 unspecified atom stereocenters. The van der Waals surface area contributed by atoms with Crippen LogP contribution in [0.1, 0.15) is 26.3 Å². The zero-order chi connectivity index (χ0) is 19.5. The summed E-state index contributed by atoms with van der Waals surface area (Å²) in [6, 6.07) is 1.11. The van der Waals surface area contributed by atoms with Crippen LogP contribution < -0.4 is 5.73 Å². The number of hydrogen-bond donors (Lipinski definition) is 1. The number of nitrogens with two attached hydrogens (primary N) is 1. The number of anilines is 1. The number of aromatic nitrogens is 2. The lowest BCUT2D eigenvalue weighted by atomic mass is 10.1. The highest BCUT2D eigenvalue weighted by molar-refractivity contribution is 6.76. The Morgan fingerprint density at radius 2 is 2.04 bits per heavy atom. The molecule has 7 nitrogen and oxygen atoms in total. The molecular formula is C18H32N4O3Si. The summed E-state index contributed by atoms with van der Waals surface area (Å²) in [5.41, 5.74) is 7.56. The van der Waals surface area contributed by atoms with E-state index in [1.807, 2.05) is 26.8 Å². The molecule has 1 aromatic heterocycles. The molecule has 0 saturated heterocycles. The predicted octanol–water partition coefficient (Wildman–Crippen LogP) is 3.41. The molecule has 0 atom stereocenters. The molecule has 26 heavy (non-hydrogen) atoms. The highest BCUT2D eigenvalue weighted by Crippen LogP contribution is 2.27. The molecule has 0 spiro atoms. The minimum atomic E-state index is -1.11. The molecule has 0 radical (unpaired) electrons. The molecule has 1 aliphatic heterocycles. The van der Waals surface area contributed by atoms with E-state index in [4.69, 9.17) is 15.2 Å². The summed E-state index contributed by atoms with van der Waals surface area (Å²) in [6.07, 6.45) is 3.42.